The third-order valence-electron chi connectivity index (χ3n) is 4.11. The van der Waals surface area contributed by atoms with E-state index in [0.29, 0.717) is 11.4 Å². The number of fused-ring (bicyclic) bond motifs is 1. The number of hydrogen-bond donors (Lipinski definition) is 0. The second-order valence-corrected chi connectivity index (χ2v) is 9.18. The van der Waals surface area contributed by atoms with Crippen molar-refractivity contribution in [1.29, 1.82) is 0 Å². The van der Waals surface area contributed by atoms with Crippen molar-refractivity contribution in [1.82, 2.24) is 4.31 Å². The summed E-state index contributed by atoms with van der Waals surface area (Å²) in [6.45, 7) is 4.57. The molecule has 1 aliphatic rings. The van der Waals surface area contributed by atoms with Crippen LogP contribution < -0.4 is 0 Å². The van der Waals surface area contributed by atoms with Gasteiger partial charge in [-0.1, -0.05) is 18.2 Å². The maximum absolute atomic E-state index is 13.2. The van der Waals surface area contributed by atoms with Crippen LogP contribution in [-0.2, 0) is 15.9 Å². The van der Waals surface area contributed by atoms with E-state index in [1.165, 1.54) is 11.3 Å². The third-order valence-corrected chi connectivity index (χ3v) is 8.08. The van der Waals surface area contributed by atoms with Gasteiger partial charge in [0.25, 0.3) is 0 Å². The van der Waals surface area contributed by atoms with Gasteiger partial charge in [-0.05, 0) is 32.8 Å². The van der Waals surface area contributed by atoms with Crippen molar-refractivity contribution in [2.45, 2.75) is 43.0 Å². The van der Waals surface area contributed by atoms with Gasteiger partial charge in [0.2, 0.25) is 10.0 Å². The van der Waals surface area contributed by atoms with Gasteiger partial charge in [0.1, 0.15) is 4.90 Å². The van der Waals surface area contributed by atoms with Crippen molar-refractivity contribution in [2.75, 3.05) is 6.54 Å². The Balaban J connectivity index is 2.24. The predicted molar refractivity (Wildman–Crippen MR) is 88.6 cm³/mol. The molecule has 0 atom stereocenters. The molecule has 1 aliphatic heterocycles. The van der Waals surface area contributed by atoms with Gasteiger partial charge in [0.05, 0.1) is 5.88 Å². The molecule has 3 nitrogen and oxygen atoms in total. The molecule has 0 unspecified atom stereocenters. The zero-order valence-electron chi connectivity index (χ0n) is 12.1. The molecule has 2 heterocycles. The average Bonchev–Trinajstić information content (AvgIpc) is 2.98. The van der Waals surface area contributed by atoms with Gasteiger partial charge < -0.3 is 0 Å². The Kier molecular flexibility index (Phi) is 3.81. The fourth-order valence-corrected chi connectivity index (χ4v) is 7.06. The number of rotatable bonds is 3. The molecule has 0 saturated carbocycles. The number of thiophene rings is 1. The number of halogens is 1. The molecule has 0 aliphatic carbocycles. The molecule has 0 N–H and O–H groups in total. The summed E-state index contributed by atoms with van der Waals surface area (Å²) in [5.74, 6) is 0.224. The number of sulfonamides is 1. The topological polar surface area (TPSA) is 37.4 Å². The van der Waals surface area contributed by atoms with Crippen molar-refractivity contribution in [3.05, 3.63) is 29.1 Å². The zero-order valence-corrected chi connectivity index (χ0v) is 14.5. The first kappa shape index (κ1) is 15.3. The molecule has 1 fully saturated rings. The minimum atomic E-state index is -3.51. The molecule has 0 spiro atoms. The lowest BCUT2D eigenvalue weighted by Gasteiger charge is -2.30. The predicted octanol–water partition coefficient (Wildman–Crippen LogP) is 4.20. The maximum Gasteiger partial charge on any atom is 0.245 e. The summed E-state index contributed by atoms with van der Waals surface area (Å²) in [4.78, 5) is 1.15. The molecule has 0 radical (unpaired) electrons. The van der Waals surface area contributed by atoms with Crippen molar-refractivity contribution in [3.8, 4) is 0 Å². The van der Waals surface area contributed by atoms with Crippen molar-refractivity contribution in [3.63, 3.8) is 0 Å². The normalized spacial score (nSPS) is 19.4. The van der Waals surface area contributed by atoms with Gasteiger partial charge in [0.15, 0.2) is 0 Å². The Morgan fingerprint density at radius 1 is 1.33 bits per heavy atom. The number of alkyl halides is 1. The van der Waals surface area contributed by atoms with E-state index in [1.54, 1.807) is 4.31 Å². The zero-order chi connectivity index (χ0) is 15.3. The lowest BCUT2D eigenvalue weighted by atomic mass is 10.0. The van der Waals surface area contributed by atoms with Gasteiger partial charge in [0, 0.05) is 27.0 Å². The van der Waals surface area contributed by atoms with Crippen LogP contribution in [0.2, 0.25) is 0 Å². The lowest BCUT2D eigenvalue weighted by molar-refractivity contribution is 0.292. The van der Waals surface area contributed by atoms with Gasteiger partial charge in [-0.3, -0.25) is 0 Å². The molecule has 1 aromatic heterocycles. The minimum absolute atomic E-state index is 0.224. The molecule has 0 bridgehead atoms. The number of nitrogens with zero attached hydrogens (tertiary/aromatic N) is 1. The van der Waals surface area contributed by atoms with Crippen LogP contribution in [0, 0.1) is 0 Å². The largest absolute Gasteiger partial charge is 0.245 e. The SMILES string of the molecule is CC1(C)CCCN1S(=O)(=O)c1c(CCl)sc2ccccc12. The van der Waals surface area contributed by atoms with E-state index in [1.807, 2.05) is 38.1 Å². The van der Waals surface area contributed by atoms with E-state index < -0.39 is 10.0 Å². The fourth-order valence-electron chi connectivity index (χ4n) is 3.08. The van der Waals surface area contributed by atoms with Crippen LogP contribution in [0.1, 0.15) is 31.6 Å². The summed E-state index contributed by atoms with van der Waals surface area (Å²) in [6.07, 6.45) is 1.80. The summed E-state index contributed by atoms with van der Waals surface area (Å²) >= 11 is 7.49. The molecule has 21 heavy (non-hydrogen) atoms. The second kappa shape index (κ2) is 5.23. The van der Waals surface area contributed by atoms with Crippen LogP contribution in [0.25, 0.3) is 10.1 Å². The lowest BCUT2D eigenvalue weighted by Crippen LogP contribution is -2.42. The van der Waals surface area contributed by atoms with Crippen molar-refractivity contribution in [2.24, 2.45) is 0 Å². The monoisotopic (exact) mass is 343 g/mol. The molecular weight excluding hydrogens is 326 g/mol. The highest BCUT2D eigenvalue weighted by molar-refractivity contribution is 7.89. The summed E-state index contributed by atoms with van der Waals surface area (Å²) in [5, 5.41) is 0.792. The molecule has 1 saturated heterocycles. The first-order valence-electron chi connectivity index (χ1n) is 6.97. The Morgan fingerprint density at radius 3 is 2.67 bits per heavy atom. The van der Waals surface area contributed by atoms with E-state index in [-0.39, 0.29) is 11.4 Å². The van der Waals surface area contributed by atoms with Crippen LogP contribution in [0.4, 0.5) is 0 Å². The quantitative estimate of drug-likeness (QED) is 0.783. The number of benzene rings is 1. The first-order chi connectivity index (χ1) is 9.88. The highest BCUT2D eigenvalue weighted by atomic mass is 35.5. The Hall–Kier alpha value is -0.620. The Morgan fingerprint density at radius 2 is 2.05 bits per heavy atom. The van der Waals surface area contributed by atoms with E-state index in [2.05, 4.69) is 0 Å². The Bertz CT molecular complexity index is 780. The highest BCUT2D eigenvalue weighted by Gasteiger charge is 2.42. The van der Waals surface area contributed by atoms with Crippen molar-refractivity contribution >= 4 is 43.0 Å². The van der Waals surface area contributed by atoms with E-state index in [9.17, 15) is 8.42 Å². The van der Waals surface area contributed by atoms with Gasteiger partial charge in [-0.25, -0.2) is 8.42 Å². The minimum Gasteiger partial charge on any atom is -0.207 e. The third kappa shape index (κ3) is 2.40. The van der Waals surface area contributed by atoms with Crippen LogP contribution in [0.5, 0.6) is 0 Å². The molecule has 0 amide bonds. The van der Waals surface area contributed by atoms with E-state index >= 15 is 0 Å². The number of hydrogen-bond acceptors (Lipinski definition) is 3. The fraction of sp³-hybridized carbons (Fsp3) is 0.467. The molecule has 114 valence electrons. The average molecular weight is 344 g/mol. The summed E-state index contributed by atoms with van der Waals surface area (Å²) in [6, 6.07) is 7.62. The smallest absolute Gasteiger partial charge is 0.207 e. The van der Waals surface area contributed by atoms with E-state index in [0.717, 1.165) is 27.8 Å². The molecule has 3 rings (SSSR count). The first-order valence-corrected chi connectivity index (χ1v) is 9.76. The molecular formula is C15H18ClNO2S2. The summed E-state index contributed by atoms with van der Waals surface area (Å²) in [5.41, 5.74) is -0.328. The van der Waals surface area contributed by atoms with Crippen LogP contribution >= 0.6 is 22.9 Å². The molecule has 1 aromatic carbocycles. The maximum atomic E-state index is 13.2. The van der Waals surface area contributed by atoms with Crippen molar-refractivity contribution < 1.29 is 8.42 Å². The molecule has 6 heteroatoms. The second-order valence-electron chi connectivity index (χ2n) is 5.98. The van der Waals surface area contributed by atoms with Crippen LogP contribution in [-0.4, -0.2) is 24.8 Å². The highest BCUT2D eigenvalue weighted by Crippen LogP contribution is 2.41. The molecule has 2 aromatic rings. The Labute approximate surface area is 134 Å². The van der Waals surface area contributed by atoms with Gasteiger partial charge >= 0.3 is 0 Å². The van der Waals surface area contributed by atoms with Gasteiger partial charge in [-0.15, -0.1) is 22.9 Å². The van der Waals surface area contributed by atoms with Crippen LogP contribution in [0.3, 0.4) is 0 Å². The standard InChI is InChI=1S/C15H18ClNO2S2/c1-15(2)8-5-9-17(15)21(18,19)14-11-6-3-4-7-12(11)20-13(14)10-16/h3-4,6-7H,5,8-10H2,1-2H3. The van der Waals surface area contributed by atoms with Crippen LogP contribution in [0.15, 0.2) is 29.2 Å². The summed E-state index contributed by atoms with van der Waals surface area (Å²) < 4.78 is 29.0. The van der Waals surface area contributed by atoms with E-state index in [4.69, 9.17) is 11.6 Å². The van der Waals surface area contributed by atoms with Gasteiger partial charge in [-0.2, -0.15) is 4.31 Å². The summed E-state index contributed by atoms with van der Waals surface area (Å²) in [7, 11) is -3.51.